The Morgan fingerprint density at radius 3 is 1.25 bits per heavy atom. The van der Waals surface area contributed by atoms with Crippen LogP contribution in [-0.4, -0.2) is 37.5 Å². The molecular weight excluding hydrogens is 544 g/mol. The van der Waals surface area contributed by atoms with Crippen LogP contribution >= 0.6 is 0 Å². The largest absolute Gasteiger partial charge is 0.506 e. The molecule has 0 heterocycles. The number of phenolic OH excluding ortho intramolecular Hbond substituents is 2. The first kappa shape index (κ1) is 27.1. The summed E-state index contributed by atoms with van der Waals surface area (Å²) in [5.41, 5.74) is 0.281. The van der Waals surface area contributed by atoms with Crippen molar-refractivity contribution in [1.82, 2.24) is 0 Å². The zero-order chi connectivity index (χ0) is 28.1. The molecule has 0 aromatic heterocycles. The SMILES string of the molecule is O=S(=O)(c1cc2ccccc2c(-c2c(O)c(S(=O)(=O)C3CCCCC3)cc3ccccc23)c1O)C1CCCCC1. The third-order valence-electron chi connectivity index (χ3n) is 8.82. The first-order valence-corrected chi connectivity index (χ1v) is 17.3. The molecule has 4 aromatic carbocycles. The highest BCUT2D eigenvalue weighted by molar-refractivity contribution is 7.92. The number of sulfone groups is 2. The van der Waals surface area contributed by atoms with E-state index in [4.69, 9.17) is 0 Å². The molecule has 0 atom stereocenters. The lowest BCUT2D eigenvalue weighted by Crippen LogP contribution is -2.24. The topological polar surface area (TPSA) is 109 Å². The van der Waals surface area contributed by atoms with Gasteiger partial charge in [-0.2, -0.15) is 0 Å². The lowest BCUT2D eigenvalue weighted by atomic mass is 9.92. The first-order chi connectivity index (χ1) is 19.2. The molecule has 210 valence electrons. The highest BCUT2D eigenvalue weighted by atomic mass is 32.2. The lowest BCUT2D eigenvalue weighted by molar-refractivity contribution is 0.447. The van der Waals surface area contributed by atoms with Crippen molar-refractivity contribution in [2.75, 3.05) is 0 Å². The van der Waals surface area contributed by atoms with Crippen molar-refractivity contribution in [2.45, 2.75) is 84.5 Å². The van der Waals surface area contributed by atoms with Crippen molar-refractivity contribution in [3.05, 3.63) is 60.7 Å². The van der Waals surface area contributed by atoms with Gasteiger partial charge in [0.15, 0.2) is 19.7 Å². The number of phenols is 2. The maximum atomic E-state index is 13.9. The Morgan fingerprint density at radius 1 is 0.525 bits per heavy atom. The third-order valence-corrected chi connectivity index (χ3v) is 13.4. The molecule has 4 aromatic rings. The fourth-order valence-corrected chi connectivity index (χ4v) is 10.6. The molecule has 6 nitrogen and oxygen atoms in total. The maximum absolute atomic E-state index is 13.9. The van der Waals surface area contributed by atoms with Crippen LogP contribution in [0.2, 0.25) is 0 Å². The van der Waals surface area contributed by atoms with Crippen LogP contribution in [0.25, 0.3) is 32.7 Å². The van der Waals surface area contributed by atoms with E-state index >= 15 is 0 Å². The van der Waals surface area contributed by atoms with E-state index in [0.717, 1.165) is 38.5 Å². The predicted molar refractivity (Wildman–Crippen MR) is 158 cm³/mol. The molecule has 2 aliphatic rings. The van der Waals surface area contributed by atoms with Gasteiger partial charge in [-0.25, -0.2) is 16.8 Å². The minimum Gasteiger partial charge on any atom is -0.506 e. The van der Waals surface area contributed by atoms with Gasteiger partial charge in [0.25, 0.3) is 0 Å². The number of benzene rings is 4. The van der Waals surface area contributed by atoms with Gasteiger partial charge in [0.2, 0.25) is 0 Å². The summed E-state index contributed by atoms with van der Waals surface area (Å²) in [7, 11) is -7.77. The Kier molecular flexibility index (Phi) is 7.03. The van der Waals surface area contributed by atoms with Crippen LogP contribution in [0.15, 0.2) is 70.5 Å². The molecule has 2 saturated carbocycles. The number of hydrogen-bond acceptors (Lipinski definition) is 6. The van der Waals surface area contributed by atoms with E-state index < -0.39 is 41.7 Å². The standard InChI is InChI=1S/C32H34O6S2/c33-31-27(39(35,36)23-13-3-1-4-14-23)19-21-11-7-9-17-25(21)29(31)30-26-18-10-8-12-22(26)20-28(32(30)34)40(37,38)24-15-5-2-6-16-24/h7-12,17-20,23-24,33-34H,1-6,13-16H2. The summed E-state index contributed by atoms with van der Waals surface area (Å²) in [5, 5.41) is 24.7. The molecule has 40 heavy (non-hydrogen) atoms. The zero-order valence-corrected chi connectivity index (χ0v) is 24.0. The lowest BCUT2D eigenvalue weighted by Gasteiger charge is -2.25. The molecule has 0 radical (unpaired) electrons. The average Bonchev–Trinajstić information content (AvgIpc) is 2.98. The van der Waals surface area contributed by atoms with Crippen molar-refractivity contribution in [3.63, 3.8) is 0 Å². The van der Waals surface area contributed by atoms with Gasteiger partial charge in [0.05, 0.1) is 10.5 Å². The van der Waals surface area contributed by atoms with Gasteiger partial charge < -0.3 is 10.2 Å². The minimum absolute atomic E-state index is 0.141. The van der Waals surface area contributed by atoms with Gasteiger partial charge in [-0.05, 0) is 59.4 Å². The van der Waals surface area contributed by atoms with Crippen LogP contribution in [0.5, 0.6) is 11.5 Å². The fourth-order valence-electron chi connectivity index (χ4n) is 6.67. The molecule has 0 bridgehead atoms. The normalized spacial score (nSPS) is 17.9. The van der Waals surface area contributed by atoms with Gasteiger partial charge >= 0.3 is 0 Å². The molecule has 6 rings (SSSR count). The summed E-state index contributed by atoms with van der Waals surface area (Å²) in [4.78, 5) is -0.339. The Hall–Kier alpha value is -3.10. The summed E-state index contributed by atoms with van der Waals surface area (Å²) in [6, 6.07) is 17.3. The number of rotatable bonds is 5. The zero-order valence-electron chi connectivity index (χ0n) is 22.3. The summed E-state index contributed by atoms with van der Waals surface area (Å²) in [5.74, 6) is -0.895. The molecule has 8 heteroatoms. The molecule has 2 aliphatic carbocycles. The van der Waals surface area contributed by atoms with E-state index in [2.05, 4.69) is 0 Å². The molecule has 0 amide bonds. The Balaban J connectivity index is 1.68. The quantitative estimate of drug-likeness (QED) is 0.258. The molecule has 2 fully saturated rings. The number of hydrogen-bond donors (Lipinski definition) is 2. The Labute approximate surface area is 235 Å². The van der Waals surface area contributed by atoms with Gasteiger partial charge in [-0.1, -0.05) is 87.1 Å². The van der Waals surface area contributed by atoms with E-state index in [1.807, 2.05) is 0 Å². The third kappa shape index (κ3) is 4.45. The van der Waals surface area contributed by atoms with E-state index in [0.29, 0.717) is 47.2 Å². The highest BCUT2D eigenvalue weighted by Gasteiger charge is 2.36. The van der Waals surface area contributed by atoms with Crippen molar-refractivity contribution in [1.29, 1.82) is 0 Å². The van der Waals surface area contributed by atoms with Crippen LogP contribution in [0.4, 0.5) is 0 Å². The second kappa shape index (κ2) is 10.4. The van der Waals surface area contributed by atoms with E-state index in [1.165, 1.54) is 12.1 Å². The van der Waals surface area contributed by atoms with Gasteiger partial charge in [-0.15, -0.1) is 0 Å². The molecule has 0 aliphatic heterocycles. The van der Waals surface area contributed by atoms with E-state index in [1.54, 1.807) is 48.5 Å². The number of fused-ring (bicyclic) bond motifs is 2. The van der Waals surface area contributed by atoms with Crippen molar-refractivity contribution >= 4 is 41.2 Å². The first-order valence-electron chi connectivity index (χ1n) is 14.2. The molecule has 0 unspecified atom stereocenters. The van der Waals surface area contributed by atoms with Crippen LogP contribution in [-0.2, 0) is 19.7 Å². The average molecular weight is 579 g/mol. The molecule has 0 spiro atoms. The summed E-state index contributed by atoms with van der Waals surface area (Å²) in [6.07, 6.45) is 7.39. The van der Waals surface area contributed by atoms with Crippen LogP contribution in [0, 0.1) is 0 Å². The summed E-state index contributed by atoms with van der Waals surface area (Å²) >= 11 is 0. The molecule has 0 saturated heterocycles. The van der Waals surface area contributed by atoms with Gasteiger partial charge in [0, 0.05) is 11.1 Å². The van der Waals surface area contributed by atoms with Crippen LogP contribution in [0.3, 0.4) is 0 Å². The van der Waals surface area contributed by atoms with E-state index in [9.17, 15) is 27.0 Å². The Morgan fingerprint density at radius 2 is 0.875 bits per heavy atom. The summed E-state index contributed by atoms with van der Waals surface area (Å²) < 4.78 is 55.6. The second-order valence-electron chi connectivity index (χ2n) is 11.2. The van der Waals surface area contributed by atoms with Crippen molar-refractivity contribution in [2.24, 2.45) is 0 Å². The van der Waals surface area contributed by atoms with Crippen LogP contribution in [0.1, 0.15) is 64.2 Å². The summed E-state index contributed by atoms with van der Waals surface area (Å²) in [6.45, 7) is 0. The monoisotopic (exact) mass is 578 g/mol. The molecule has 2 N–H and O–H groups in total. The van der Waals surface area contributed by atoms with Crippen molar-refractivity contribution in [3.8, 4) is 22.6 Å². The van der Waals surface area contributed by atoms with Gasteiger partial charge in [0.1, 0.15) is 21.3 Å². The molecular formula is C32H34O6S2. The predicted octanol–water partition coefficient (Wildman–Crippen LogP) is 7.28. The highest BCUT2D eigenvalue weighted by Crippen LogP contribution is 2.50. The fraction of sp³-hybridized carbons (Fsp3) is 0.375. The second-order valence-corrected chi connectivity index (χ2v) is 15.6. The van der Waals surface area contributed by atoms with E-state index in [-0.39, 0.29) is 20.9 Å². The minimum atomic E-state index is -3.89. The Bertz CT molecular complexity index is 1680. The maximum Gasteiger partial charge on any atom is 0.184 e. The van der Waals surface area contributed by atoms with Gasteiger partial charge in [-0.3, -0.25) is 0 Å². The smallest absolute Gasteiger partial charge is 0.184 e. The van der Waals surface area contributed by atoms with Crippen molar-refractivity contribution < 1.29 is 27.0 Å². The van der Waals surface area contributed by atoms with Crippen LogP contribution < -0.4 is 0 Å². The number of aromatic hydroxyl groups is 2.